The zero-order valence-corrected chi connectivity index (χ0v) is 15.0. The maximum absolute atomic E-state index is 14.2. The number of benzene rings is 2. The van der Waals surface area contributed by atoms with E-state index in [1.54, 1.807) is 0 Å². The Morgan fingerprint density at radius 2 is 1.68 bits per heavy atom. The van der Waals surface area contributed by atoms with Crippen molar-refractivity contribution in [1.29, 1.82) is 0 Å². The number of sulfone groups is 1. The molecule has 1 aromatic heterocycles. The molecule has 0 fully saturated rings. The van der Waals surface area contributed by atoms with Crippen LogP contribution in [0, 0.1) is 11.6 Å². The highest BCUT2D eigenvalue weighted by Crippen LogP contribution is 2.26. The van der Waals surface area contributed by atoms with Crippen LogP contribution in [-0.2, 0) is 16.3 Å². The third-order valence-electron chi connectivity index (χ3n) is 3.67. The molecule has 0 saturated carbocycles. The molecule has 28 heavy (non-hydrogen) atoms. The molecule has 0 aliphatic rings. The van der Waals surface area contributed by atoms with Gasteiger partial charge in [-0.25, -0.2) is 26.9 Å². The van der Waals surface area contributed by atoms with Gasteiger partial charge in [-0.15, -0.1) is 0 Å². The standard InChI is InChI=1S/C17H12F5N3O2S/c1-28(26,27)14-7-6-12(8-13(14)19)25-16(10-2-4-11(18)5-3-10)23-15(24-25)9-17(20,21)22/h2-8H,9H2,1H3. The Morgan fingerprint density at radius 3 is 2.21 bits per heavy atom. The van der Waals surface area contributed by atoms with Crippen molar-refractivity contribution in [2.75, 3.05) is 6.26 Å². The van der Waals surface area contributed by atoms with Crippen molar-refractivity contribution in [3.63, 3.8) is 0 Å². The monoisotopic (exact) mass is 417 g/mol. The smallest absolute Gasteiger partial charge is 0.224 e. The lowest BCUT2D eigenvalue weighted by Gasteiger charge is -2.08. The van der Waals surface area contributed by atoms with Crippen LogP contribution in [0.1, 0.15) is 5.82 Å². The minimum atomic E-state index is -4.57. The first-order valence-electron chi connectivity index (χ1n) is 7.73. The van der Waals surface area contributed by atoms with E-state index in [0.717, 1.165) is 35.2 Å². The van der Waals surface area contributed by atoms with Crippen LogP contribution in [0.5, 0.6) is 0 Å². The fourth-order valence-electron chi connectivity index (χ4n) is 2.50. The van der Waals surface area contributed by atoms with Gasteiger partial charge in [-0.05, 0) is 36.4 Å². The first-order chi connectivity index (χ1) is 12.9. The molecule has 0 bridgehead atoms. The van der Waals surface area contributed by atoms with E-state index in [1.165, 1.54) is 18.2 Å². The molecule has 3 rings (SSSR count). The Balaban J connectivity index is 2.16. The molecule has 0 spiro atoms. The quantitative estimate of drug-likeness (QED) is 0.607. The predicted molar refractivity (Wildman–Crippen MR) is 89.6 cm³/mol. The molecular formula is C17H12F5N3O2S. The highest BCUT2D eigenvalue weighted by atomic mass is 32.2. The number of hydrogen-bond acceptors (Lipinski definition) is 4. The van der Waals surface area contributed by atoms with E-state index in [9.17, 15) is 30.4 Å². The summed E-state index contributed by atoms with van der Waals surface area (Å²) in [5.41, 5.74) is 0.208. The van der Waals surface area contributed by atoms with Gasteiger partial charge in [0.1, 0.15) is 23.0 Å². The molecular weight excluding hydrogens is 405 g/mol. The van der Waals surface area contributed by atoms with Crippen molar-refractivity contribution in [2.45, 2.75) is 17.5 Å². The average Bonchev–Trinajstić information content (AvgIpc) is 2.96. The summed E-state index contributed by atoms with van der Waals surface area (Å²) in [6, 6.07) is 7.76. The summed E-state index contributed by atoms with van der Waals surface area (Å²) in [6.07, 6.45) is -5.17. The summed E-state index contributed by atoms with van der Waals surface area (Å²) in [4.78, 5) is 3.28. The summed E-state index contributed by atoms with van der Waals surface area (Å²) in [7, 11) is -3.83. The van der Waals surface area contributed by atoms with Crippen molar-refractivity contribution in [3.8, 4) is 17.1 Å². The largest absolute Gasteiger partial charge is 0.396 e. The number of alkyl halides is 3. The second-order valence-electron chi connectivity index (χ2n) is 5.95. The van der Waals surface area contributed by atoms with Gasteiger partial charge in [0.25, 0.3) is 0 Å². The van der Waals surface area contributed by atoms with E-state index >= 15 is 0 Å². The predicted octanol–water partition coefficient (Wildman–Crippen LogP) is 3.72. The van der Waals surface area contributed by atoms with Crippen molar-refractivity contribution >= 4 is 9.84 Å². The molecule has 0 aliphatic carbocycles. The van der Waals surface area contributed by atoms with Crippen LogP contribution in [0.4, 0.5) is 22.0 Å². The van der Waals surface area contributed by atoms with E-state index in [0.29, 0.717) is 0 Å². The summed E-state index contributed by atoms with van der Waals surface area (Å²) in [6.45, 7) is 0. The molecule has 11 heteroatoms. The summed E-state index contributed by atoms with van der Waals surface area (Å²) in [5, 5.41) is 3.77. The molecule has 148 valence electrons. The van der Waals surface area contributed by atoms with Crippen LogP contribution in [0.3, 0.4) is 0 Å². The molecule has 0 aliphatic heterocycles. The van der Waals surface area contributed by atoms with Gasteiger partial charge >= 0.3 is 6.18 Å². The van der Waals surface area contributed by atoms with Crippen LogP contribution in [-0.4, -0.2) is 35.6 Å². The van der Waals surface area contributed by atoms with Gasteiger partial charge in [0.15, 0.2) is 21.5 Å². The number of halogens is 5. The SMILES string of the molecule is CS(=O)(=O)c1ccc(-n2nc(CC(F)(F)F)nc2-c2ccc(F)cc2)cc1F. The van der Waals surface area contributed by atoms with Crippen LogP contribution in [0.2, 0.25) is 0 Å². The van der Waals surface area contributed by atoms with E-state index in [4.69, 9.17) is 0 Å². The number of aromatic nitrogens is 3. The normalized spacial score (nSPS) is 12.4. The number of nitrogens with zero attached hydrogens (tertiary/aromatic N) is 3. The van der Waals surface area contributed by atoms with Crippen molar-refractivity contribution in [2.24, 2.45) is 0 Å². The average molecular weight is 417 g/mol. The maximum atomic E-state index is 14.2. The Labute approximate surface area is 156 Å². The van der Waals surface area contributed by atoms with Crippen LogP contribution < -0.4 is 0 Å². The van der Waals surface area contributed by atoms with Crippen molar-refractivity contribution < 1.29 is 30.4 Å². The van der Waals surface area contributed by atoms with Gasteiger partial charge in [-0.3, -0.25) is 0 Å². The molecule has 0 atom stereocenters. The molecule has 2 aromatic carbocycles. The molecule has 0 saturated heterocycles. The first-order valence-corrected chi connectivity index (χ1v) is 9.62. The highest BCUT2D eigenvalue weighted by Gasteiger charge is 2.31. The van der Waals surface area contributed by atoms with Crippen molar-refractivity contribution in [1.82, 2.24) is 14.8 Å². The Kier molecular flexibility index (Phi) is 4.96. The lowest BCUT2D eigenvalue weighted by molar-refractivity contribution is -0.128. The van der Waals surface area contributed by atoms with E-state index in [1.807, 2.05) is 0 Å². The van der Waals surface area contributed by atoms with E-state index in [2.05, 4.69) is 10.1 Å². The summed E-state index contributed by atoms with van der Waals surface area (Å²) in [5.74, 6) is -2.29. The zero-order valence-electron chi connectivity index (χ0n) is 14.2. The summed E-state index contributed by atoms with van der Waals surface area (Å²) < 4.78 is 89.6. The molecule has 0 unspecified atom stereocenters. The molecule has 0 N–H and O–H groups in total. The van der Waals surface area contributed by atoms with Gasteiger partial charge in [0.2, 0.25) is 0 Å². The second-order valence-corrected chi connectivity index (χ2v) is 7.93. The summed E-state index contributed by atoms with van der Waals surface area (Å²) >= 11 is 0. The van der Waals surface area contributed by atoms with Gasteiger partial charge in [0, 0.05) is 17.9 Å². The topological polar surface area (TPSA) is 64.8 Å². The maximum Gasteiger partial charge on any atom is 0.396 e. The van der Waals surface area contributed by atoms with Crippen LogP contribution >= 0.6 is 0 Å². The van der Waals surface area contributed by atoms with Gasteiger partial charge in [-0.1, -0.05) is 0 Å². The Bertz CT molecular complexity index is 1120. The second kappa shape index (κ2) is 6.97. The lowest BCUT2D eigenvalue weighted by Crippen LogP contribution is -2.13. The van der Waals surface area contributed by atoms with Gasteiger partial charge in [-0.2, -0.15) is 18.3 Å². The van der Waals surface area contributed by atoms with Gasteiger partial charge in [0.05, 0.1) is 5.69 Å². The van der Waals surface area contributed by atoms with Crippen molar-refractivity contribution in [3.05, 3.63) is 59.9 Å². The zero-order chi connectivity index (χ0) is 20.7. The van der Waals surface area contributed by atoms with E-state index in [-0.39, 0.29) is 17.1 Å². The molecule has 3 aromatic rings. The number of rotatable bonds is 4. The Hall–Kier alpha value is -2.82. The Morgan fingerprint density at radius 1 is 1.04 bits per heavy atom. The minimum Gasteiger partial charge on any atom is -0.224 e. The molecule has 5 nitrogen and oxygen atoms in total. The fourth-order valence-corrected chi connectivity index (χ4v) is 3.23. The lowest BCUT2D eigenvalue weighted by atomic mass is 10.2. The van der Waals surface area contributed by atoms with Crippen LogP contribution in [0.15, 0.2) is 47.4 Å². The first kappa shape index (κ1) is 19.9. The molecule has 0 amide bonds. The third-order valence-corrected chi connectivity index (χ3v) is 4.80. The molecule has 0 radical (unpaired) electrons. The molecule has 1 heterocycles. The highest BCUT2D eigenvalue weighted by molar-refractivity contribution is 7.90. The minimum absolute atomic E-state index is 0.0369. The number of hydrogen-bond donors (Lipinski definition) is 0. The van der Waals surface area contributed by atoms with Crippen LogP contribution in [0.25, 0.3) is 17.1 Å². The third kappa shape index (κ3) is 4.35. The van der Waals surface area contributed by atoms with Gasteiger partial charge < -0.3 is 0 Å². The fraction of sp³-hybridized carbons (Fsp3) is 0.176. The van der Waals surface area contributed by atoms with E-state index < -0.39 is 44.8 Å².